The molecule has 2 aliphatic rings. The Morgan fingerprint density at radius 3 is 2.50 bits per heavy atom. The Kier molecular flexibility index (Phi) is 2.12. The molecule has 16 heavy (non-hydrogen) atoms. The topological polar surface area (TPSA) is 83.8 Å². The molecule has 1 amide bonds. The number of amides is 1. The molecule has 1 aromatic heterocycles. The average Bonchev–Trinajstić information content (AvgIpc) is 3.14. The molecular formula is C11H16N4O. The van der Waals surface area contributed by atoms with Gasteiger partial charge in [0.15, 0.2) is 0 Å². The number of nitrogens with one attached hydrogen (secondary N) is 2. The Morgan fingerprint density at radius 2 is 2.06 bits per heavy atom. The lowest BCUT2D eigenvalue weighted by Crippen LogP contribution is -2.38. The van der Waals surface area contributed by atoms with Gasteiger partial charge in [0.1, 0.15) is 5.69 Å². The van der Waals surface area contributed by atoms with Gasteiger partial charge in [0.05, 0.1) is 11.9 Å². The lowest BCUT2D eigenvalue weighted by molar-refractivity contribution is 0.0922. The molecule has 86 valence electrons. The van der Waals surface area contributed by atoms with Crippen LogP contribution in [0, 0.1) is 11.8 Å². The summed E-state index contributed by atoms with van der Waals surface area (Å²) in [6.07, 6.45) is 6.47. The molecule has 0 atom stereocenters. The molecule has 2 fully saturated rings. The molecule has 2 saturated carbocycles. The van der Waals surface area contributed by atoms with E-state index in [0.717, 1.165) is 0 Å². The molecule has 0 aliphatic heterocycles. The SMILES string of the molecule is Nc1cn[nH]c1C(=O)NC(C1CC1)C1CC1. The van der Waals surface area contributed by atoms with Gasteiger partial charge in [0, 0.05) is 6.04 Å². The van der Waals surface area contributed by atoms with Crippen LogP contribution in [-0.2, 0) is 0 Å². The normalized spacial score (nSPS) is 20.1. The summed E-state index contributed by atoms with van der Waals surface area (Å²) < 4.78 is 0. The number of aromatic amines is 1. The molecule has 4 N–H and O–H groups in total. The van der Waals surface area contributed by atoms with Gasteiger partial charge in [-0.25, -0.2) is 0 Å². The lowest BCUT2D eigenvalue weighted by Gasteiger charge is -2.17. The highest BCUT2D eigenvalue weighted by atomic mass is 16.2. The molecule has 3 rings (SSSR count). The van der Waals surface area contributed by atoms with E-state index in [1.54, 1.807) is 0 Å². The molecule has 5 nitrogen and oxygen atoms in total. The van der Waals surface area contributed by atoms with Gasteiger partial charge in [-0.05, 0) is 37.5 Å². The summed E-state index contributed by atoms with van der Waals surface area (Å²) in [5.41, 5.74) is 6.46. The first-order valence-electron chi connectivity index (χ1n) is 5.85. The fourth-order valence-electron chi connectivity index (χ4n) is 2.23. The number of nitrogens with zero attached hydrogens (tertiary/aromatic N) is 1. The second-order valence-electron chi connectivity index (χ2n) is 4.87. The molecule has 1 heterocycles. The summed E-state index contributed by atoms with van der Waals surface area (Å²) in [4.78, 5) is 11.9. The van der Waals surface area contributed by atoms with Gasteiger partial charge in [-0.1, -0.05) is 0 Å². The van der Waals surface area contributed by atoms with E-state index in [4.69, 9.17) is 5.73 Å². The van der Waals surface area contributed by atoms with E-state index < -0.39 is 0 Å². The summed E-state index contributed by atoms with van der Waals surface area (Å²) in [5, 5.41) is 9.50. The van der Waals surface area contributed by atoms with Gasteiger partial charge >= 0.3 is 0 Å². The summed E-state index contributed by atoms with van der Waals surface area (Å²) >= 11 is 0. The Morgan fingerprint density at radius 1 is 1.44 bits per heavy atom. The predicted octanol–water partition coefficient (Wildman–Crippen LogP) is 0.910. The Labute approximate surface area is 93.8 Å². The first-order valence-corrected chi connectivity index (χ1v) is 5.85. The minimum absolute atomic E-state index is 0.112. The zero-order valence-corrected chi connectivity index (χ0v) is 9.07. The molecule has 1 aromatic rings. The van der Waals surface area contributed by atoms with Crippen LogP contribution in [0.3, 0.4) is 0 Å². The van der Waals surface area contributed by atoms with Gasteiger partial charge in [0.2, 0.25) is 0 Å². The molecule has 0 aromatic carbocycles. The van der Waals surface area contributed by atoms with Crippen LogP contribution in [0.15, 0.2) is 6.20 Å². The number of nitrogen functional groups attached to an aromatic ring is 1. The lowest BCUT2D eigenvalue weighted by atomic mass is 10.1. The van der Waals surface area contributed by atoms with E-state index in [2.05, 4.69) is 15.5 Å². The van der Waals surface area contributed by atoms with Crippen LogP contribution in [0.5, 0.6) is 0 Å². The van der Waals surface area contributed by atoms with Crippen molar-refractivity contribution in [2.45, 2.75) is 31.7 Å². The first-order chi connectivity index (χ1) is 7.75. The number of carbonyl (C=O) groups is 1. The molecule has 5 heteroatoms. The number of hydrogen-bond acceptors (Lipinski definition) is 3. The molecule has 0 bridgehead atoms. The van der Waals surface area contributed by atoms with Crippen LogP contribution in [0.2, 0.25) is 0 Å². The van der Waals surface area contributed by atoms with Gasteiger partial charge in [-0.2, -0.15) is 5.10 Å². The number of nitrogens with two attached hydrogens (primary N) is 1. The van der Waals surface area contributed by atoms with E-state index >= 15 is 0 Å². The summed E-state index contributed by atoms with van der Waals surface area (Å²) in [5.74, 6) is 1.28. The largest absolute Gasteiger partial charge is 0.396 e. The van der Waals surface area contributed by atoms with Crippen molar-refractivity contribution in [2.75, 3.05) is 5.73 Å². The highest BCUT2D eigenvalue weighted by Crippen LogP contribution is 2.44. The van der Waals surface area contributed by atoms with Crippen molar-refractivity contribution in [1.82, 2.24) is 15.5 Å². The van der Waals surface area contributed by atoms with E-state index in [9.17, 15) is 4.79 Å². The highest BCUT2D eigenvalue weighted by molar-refractivity contribution is 5.97. The number of carbonyl (C=O) groups excluding carboxylic acids is 1. The quantitative estimate of drug-likeness (QED) is 0.705. The van der Waals surface area contributed by atoms with Crippen molar-refractivity contribution in [2.24, 2.45) is 11.8 Å². The van der Waals surface area contributed by atoms with Crippen molar-refractivity contribution in [1.29, 1.82) is 0 Å². The Bertz CT molecular complexity index is 394. The minimum Gasteiger partial charge on any atom is -0.396 e. The van der Waals surface area contributed by atoms with Crippen molar-refractivity contribution in [3.8, 4) is 0 Å². The first kappa shape index (κ1) is 9.69. The summed E-state index contributed by atoms with van der Waals surface area (Å²) in [7, 11) is 0. The molecule has 0 unspecified atom stereocenters. The van der Waals surface area contributed by atoms with E-state index in [1.165, 1.54) is 31.9 Å². The van der Waals surface area contributed by atoms with Gasteiger partial charge < -0.3 is 11.1 Å². The molecule has 0 spiro atoms. The number of aromatic nitrogens is 2. The van der Waals surface area contributed by atoms with Crippen LogP contribution in [0.4, 0.5) is 5.69 Å². The van der Waals surface area contributed by atoms with Gasteiger partial charge in [0.25, 0.3) is 5.91 Å². The number of hydrogen-bond donors (Lipinski definition) is 3. The standard InChI is InChI=1S/C11H16N4O/c12-8-5-13-15-10(8)11(16)14-9(6-1-2-6)7-3-4-7/h5-7,9H,1-4,12H2,(H,13,15)(H,14,16). The monoisotopic (exact) mass is 220 g/mol. The third-order valence-electron chi connectivity index (χ3n) is 3.45. The van der Waals surface area contributed by atoms with E-state index in [1.807, 2.05) is 0 Å². The second-order valence-corrected chi connectivity index (χ2v) is 4.87. The fraction of sp³-hybridized carbons (Fsp3) is 0.636. The second kappa shape index (κ2) is 3.50. The van der Waals surface area contributed by atoms with Crippen LogP contribution in [0.25, 0.3) is 0 Å². The zero-order chi connectivity index (χ0) is 11.1. The third-order valence-corrected chi connectivity index (χ3v) is 3.45. The smallest absolute Gasteiger partial charge is 0.271 e. The van der Waals surface area contributed by atoms with Crippen molar-refractivity contribution < 1.29 is 4.79 Å². The molecule has 2 aliphatic carbocycles. The Hall–Kier alpha value is -1.52. The van der Waals surface area contributed by atoms with E-state index in [-0.39, 0.29) is 5.91 Å². The maximum absolute atomic E-state index is 11.9. The highest BCUT2D eigenvalue weighted by Gasteiger charge is 2.42. The maximum Gasteiger partial charge on any atom is 0.271 e. The summed E-state index contributed by atoms with van der Waals surface area (Å²) in [6.45, 7) is 0. The maximum atomic E-state index is 11.9. The van der Waals surface area contributed by atoms with Crippen LogP contribution in [0.1, 0.15) is 36.2 Å². The molecule has 0 radical (unpaired) electrons. The minimum atomic E-state index is -0.112. The number of H-pyrrole nitrogens is 1. The number of anilines is 1. The Balaban J connectivity index is 1.69. The predicted molar refractivity (Wildman–Crippen MR) is 59.7 cm³/mol. The third kappa shape index (κ3) is 1.77. The van der Waals surface area contributed by atoms with Gasteiger partial charge in [-0.15, -0.1) is 0 Å². The van der Waals surface area contributed by atoms with Crippen LogP contribution in [-0.4, -0.2) is 22.1 Å². The van der Waals surface area contributed by atoms with Crippen molar-refractivity contribution in [3.63, 3.8) is 0 Å². The zero-order valence-electron chi connectivity index (χ0n) is 9.07. The fourth-order valence-corrected chi connectivity index (χ4v) is 2.23. The van der Waals surface area contributed by atoms with Crippen LogP contribution >= 0.6 is 0 Å². The molecular weight excluding hydrogens is 204 g/mol. The molecule has 0 saturated heterocycles. The summed E-state index contributed by atoms with van der Waals surface area (Å²) in [6, 6.07) is 0.357. The van der Waals surface area contributed by atoms with Gasteiger partial charge in [-0.3, -0.25) is 9.89 Å². The van der Waals surface area contributed by atoms with E-state index in [0.29, 0.717) is 29.3 Å². The van der Waals surface area contributed by atoms with Crippen molar-refractivity contribution >= 4 is 11.6 Å². The number of rotatable bonds is 4. The van der Waals surface area contributed by atoms with Crippen LogP contribution < -0.4 is 11.1 Å². The average molecular weight is 220 g/mol. The van der Waals surface area contributed by atoms with Crippen molar-refractivity contribution in [3.05, 3.63) is 11.9 Å².